The van der Waals surface area contributed by atoms with Gasteiger partial charge in [0.25, 0.3) is 0 Å². The van der Waals surface area contributed by atoms with Gasteiger partial charge in [-0.25, -0.2) is 0 Å². The van der Waals surface area contributed by atoms with E-state index in [0.29, 0.717) is 0 Å². The minimum atomic E-state index is 0. The van der Waals surface area contributed by atoms with E-state index in [0.717, 1.165) is 0 Å². The van der Waals surface area contributed by atoms with E-state index in [4.69, 9.17) is 0 Å². The zero-order valence-corrected chi connectivity index (χ0v) is 8.00. The maximum Gasteiger partial charge on any atom is 3.00 e. The zero-order chi connectivity index (χ0) is 0. The molecule has 0 amide bonds. The van der Waals surface area contributed by atoms with Crippen molar-refractivity contribution >= 4 is 0 Å². The van der Waals surface area contributed by atoms with E-state index in [2.05, 4.69) is 0 Å². The first kappa shape index (κ1) is 78.7. The van der Waals surface area contributed by atoms with Crippen molar-refractivity contribution in [2.24, 2.45) is 0 Å². The van der Waals surface area contributed by atoms with E-state index in [1.807, 2.05) is 0 Å². The fraction of sp³-hybridized carbons (Fsp3) is 0. The van der Waals surface area contributed by atoms with Gasteiger partial charge in [-0.15, -0.1) is 0 Å². The van der Waals surface area contributed by atoms with Crippen molar-refractivity contribution < 1.29 is 89.4 Å². The van der Waals surface area contributed by atoms with Crippen LogP contribution < -0.4 is 49.6 Å². The van der Waals surface area contributed by atoms with Crippen molar-refractivity contribution in [3.05, 3.63) is 0 Å². The number of halogens is 4. The van der Waals surface area contributed by atoms with E-state index in [1.54, 1.807) is 0 Å². The first-order chi connectivity index (χ1) is 0. The van der Waals surface area contributed by atoms with Crippen LogP contribution in [0.25, 0.3) is 0 Å². The first-order valence-electron chi connectivity index (χ1n) is 0. The normalized spacial score (nSPS) is 0. The van der Waals surface area contributed by atoms with Gasteiger partial charge in [-0.3, -0.25) is 0 Å². The number of hydrogen-bond donors (Lipinski definition) is 0. The molecule has 6 heteroatoms. The van der Waals surface area contributed by atoms with Crippen LogP contribution in [0.2, 0.25) is 0 Å². The zero-order valence-electron chi connectivity index (χ0n) is 2.22. The molecular weight excluding hydrogens is 302 g/mol. The summed E-state index contributed by atoms with van der Waals surface area (Å²) in [6.07, 6.45) is 0. The number of hydrogen-bond acceptors (Lipinski definition) is 0. The topological polar surface area (TPSA) is 0 Å². The summed E-state index contributed by atoms with van der Waals surface area (Å²) >= 11 is 0. The van der Waals surface area contributed by atoms with E-state index in [9.17, 15) is 0 Å². The fourth-order valence-electron chi connectivity index (χ4n) is 0. The molecule has 0 fully saturated rings. The Balaban J connectivity index is 0. The van der Waals surface area contributed by atoms with E-state index < -0.39 is 0 Å². The van der Waals surface area contributed by atoms with Gasteiger partial charge in [0.05, 0.1) is 0 Å². The molecule has 0 aliphatic rings. The maximum atomic E-state index is 0. The minimum absolute atomic E-state index is 0. The molecule has 0 N–H and O–H groups in total. The van der Waals surface area contributed by atoms with Crippen molar-refractivity contribution in [1.82, 2.24) is 0 Å². The molecule has 0 nitrogen and oxygen atoms in total. The molecule has 0 rings (SSSR count). The van der Waals surface area contributed by atoms with Gasteiger partial charge in [-0.05, 0) is 0 Å². The molecule has 0 saturated heterocycles. The molecule has 0 unspecified atom stereocenters. The third-order valence-corrected chi connectivity index (χ3v) is 0. The molecular formula is AgCl4Cr. The molecule has 0 aliphatic heterocycles. The van der Waals surface area contributed by atoms with Crippen LogP contribution in [0.5, 0.6) is 0 Å². The molecule has 0 aromatic rings. The van der Waals surface area contributed by atoms with Gasteiger partial charge in [-0.1, -0.05) is 0 Å². The van der Waals surface area contributed by atoms with Crippen LogP contribution in [0, 0.1) is 0 Å². The first-order valence-corrected chi connectivity index (χ1v) is 0. The van der Waals surface area contributed by atoms with Gasteiger partial charge in [0, 0.05) is 0 Å². The summed E-state index contributed by atoms with van der Waals surface area (Å²) in [4.78, 5) is 0. The van der Waals surface area contributed by atoms with Crippen molar-refractivity contribution in [3.8, 4) is 0 Å². The fourth-order valence-corrected chi connectivity index (χ4v) is 0. The number of rotatable bonds is 0. The Morgan fingerprint density at radius 2 is 0.500 bits per heavy atom. The maximum absolute atomic E-state index is 0. The van der Waals surface area contributed by atoms with Gasteiger partial charge >= 0.3 is 39.7 Å². The Bertz CT molecular complexity index is 7.51. The van der Waals surface area contributed by atoms with Crippen LogP contribution in [-0.2, 0) is 39.7 Å². The van der Waals surface area contributed by atoms with Crippen LogP contribution in [0.15, 0.2) is 0 Å². The predicted molar refractivity (Wildman–Crippen MR) is 0 cm³/mol. The van der Waals surface area contributed by atoms with Gasteiger partial charge in [0.15, 0.2) is 0 Å². The van der Waals surface area contributed by atoms with E-state index >= 15 is 0 Å². The van der Waals surface area contributed by atoms with Gasteiger partial charge in [0.1, 0.15) is 0 Å². The Kier molecular flexibility index (Phi) is 682. The average molecular weight is 302 g/mol. The summed E-state index contributed by atoms with van der Waals surface area (Å²) in [5.74, 6) is 0. The molecule has 0 aromatic carbocycles. The second-order valence-electron chi connectivity index (χ2n) is 0. The third-order valence-electron chi connectivity index (χ3n) is 0. The molecule has 0 aliphatic carbocycles. The predicted octanol–water partition coefficient (Wildman–Crippen LogP) is -12.0. The largest absolute Gasteiger partial charge is 3.00 e. The summed E-state index contributed by atoms with van der Waals surface area (Å²) in [6.45, 7) is 0. The van der Waals surface area contributed by atoms with E-state index in [-0.39, 0.29) is 89.4 Å². The Hall–Kier alpha value is 2.43. The van der Waals surface area contributed by atoms with Gasteiger partial charge in [-0.2, -0.15) is 0 Å². The van der Waals surface area contributed by atoms with Crippen molar-refractivity contribution in [1.29, 1.82) is 0 Å². The SMILES string of the molecule is [Ag+].[Cl-].[Cl-].[Cl-].[Cl-].[Cr+3]. The monoisotopic (exact) mass is 299 g/mol. The van der Waals surface area contributed by atoms with E-state index in [1.165, 1.54) is 0 Å². The smallest absolute Gasteiger partial charge is 1.00 e. The van der Waals surface area contributed by atoms with Crippen LogP contribution in [0.3, 0.4) is 0 Å². The van der Waals surface area contributed by atoms with Crippen LogP contribution in [-0.4, -0.2) is 0 Å². The average Bonchev–Trinajstić information content (AvgIpc) is 0. The molecule has 0 aromatic heterocycles. The molecule has 0 heterocycles. The molecule has 45 valence electrons. The Morgan fingerprint density at radius 3 is 0.500 bits per heavy atom. The van der Waals surface area contributed by atoms with Gasteiger partial charge < -0.3 is 49.6 Å². The quantitative estimate of drug-likeness (QED) is 0.390. The molecule has 0 spiro atoms. The van der Waals surface area contributed by atoms with Crippen LogP contribution in [0.4, 0.5) is 0 Å². The summed E-state index contributed by atoms with van der Waals surface area (Å²) in [5, 5.41) is 0. The summed E-state index contributed by atoms with van der Waals surface area (Å²) in [6, 6.07) is 0. The standard InChI is InChI=1S/Ag.4ClH.Cr/h;4*1H;/q+1;;;;;+3/p-4. The molecule has 0 saturated carbocycles. The van der Waals surface area contributed by atoms with Crippen molar-refractivity contribution in [2.45, 2.75) is 0 Å². The van der Waals surface area contributed by atoms with Crippen LogP contribution >= 0.6 is 0 Å². The molecule has 6 heavy (non-hydrogen) atoms. The van der Waals surface area contributed by atoms with Crippen LogP contribution in [0.1, 0.15) is 0 Å². The molecule has 0 bridgehead atoms. The molecule has 1 radical (unpaired) electrons. The van der Waals surface area contributed by atoms with Crippen molar-refractivity contribution in [2.75, 3.05) is 0 Å². The summed E-state index contributed by atoms with van der Waals surface area (Å²) in [5.41, 5.74) is 0. The Morgan fingerprint density at radius 1 is 0.500 bits per heavy atom. The van der Waals surface area contributed by atoms with Crippen molar-refractivity contribution in [3.63, 3.8) is 0 Å². The second kappa shape index (κ2) is 52.0. The minimum Gasteiger partial charge on any atom is -1.00 e. The Labute approximate surface area is 88.5 Å². The summed E-state index contributed by atoms with van der Waals surface area (Å²) < 4.78 is 0. The summed E-state index contributed by atoms with van der Waals surface area (Å²) in [7, 11) is 0. The molecule has 0 atom stereocenters. The third kappa shape index (κ3) is 32.1. The second-order valence-corrected chi connectivity index (χ2v) is 0. The van der Waals surface area contributed by atoms with Gasteiger partial charge in [0.2, 0.25) is 0 Å².